The van der Waals surface area contributed by atoms with Crippen LogP contribution in [0.5, 0.6) is 0 Å². The van der Waals surface area contributed by atoms with E-state index in [1.54, 1.807) is 24.3 Å². The molecule has 0 amide bonds. The molecule has 5 heteroatoms. The quantitative estimate of drug-likeness (QED) is 0.896. The second kappa shape index (κ2) is 6.27. The molecule has 0 radical (unpaired) electrons. The Morgan fingerprint density at radius 3 is 2.62 bits per heavy atom. The molecule has 1 fully saturated rings. The van der Waals surface area contributed by atoms with Crippen molar-refractivity contribution in [2.24, 2.45) is 5.41 Å². The third-order valence-electron chi connectivity index (χ3n) is 4.44. The van der Waals surface area contributed by atoms with E-state index in [1.807, 2.05) is 0 Å². The fourth-order valence-corrected chi connectivity index (χ4v) is 5.86. The van der Waals surface area contributed by atoms with Crippen molar-refractivity contribution in [3.8, 4) is 0 Å². The van der Waals surface area contributed by atoms with E-state index in [-0.39, 0.29) is 16.4 Å². The number of hydrogen-bond acceptors (Lipinski definition) is 3. The van der Waals surface area contributed by atoms with Gasteiger partial charge in [0.1, 0.15) is 0 Å². The van der Waals surface area contributed by atoms with E-state index < -0.39 is 15.1 Å². The van der Waals surface area contributed by atoms with Gasteiger partial charge in [-0.1, -0.05) is 44.5 Å². The first-order valence-electron chi connectivity index (χ1n) is 7.52. The van der Waals surface area contributed by atoms with Crippen molar-refractivity contribution >= 4 is 21.4 Å². The molecule has 0 saturated heterocycles. The van der Waals surface area contributed by atoms with E-state index in [0.29, 0.717) is 11.4 Å². The average Bonchev–Trinajstić information content (AvgIpc) is 2.72. The number of rotatable bonds is 5. The summed E-state index contributed by atoms with van der Waals surface area (Å²) in [4.78, 5) is 0.262. The second-order valence-corrected chi connectivity index (χ2v) is 9.02. The third-order valence-corrected chi connectivity index (χ3v) is 7.16. The maximum atomic E-state index is 13.0. The van der Waals surface area contributed by atoms with Crippen LogP contribution in [-0.4, -0.2) is 26.3 Å². The predicted octanol–water partition coefficient (Wildman–Crippen LogP) is 3.67. The molecule has 2 atom stereocenters. The number of benzene rings is 1. The summed E-state index contributed by atoms with van der Waals surface area (Å²) in [6, 6.07) is 6.71. The summed E-state index contributed by atoms with van der Waals surface area (Å²) in [5.41, 5.74) is -0.0197. The molecule has 1 aliphatic rings. The van der Waals surface area contributed by atoms with Gasteiger partial charge in [0.2, 0.25) is 0 Å². The molecule has 0 aliphatic heterocycles. The fourth-order valence-electron chi connectivity index (χ4n) is 3.22. The summed E-state index contributed by atoms with van der Waals surface area (Å²) >= 11 is 6.11. The minimum absolute atomic E-state index is 0.0197. The Hall–Kier alpha value is -0.580. The summed E-state index contributed by atoms with van der Waals surface area (Å²) in [5.74, 6) is 0. The lowest BCUT2D eigenvalue weighted by Gasteiger charge is -2.31. The van der Waals surface area contributed by atoms with Crippen LogP contribution < -0.4 is 5.32 Å². The highest BCUT2D eigenvalue weighted by Gasteiger charge is 2.48. The Morgan fingerprint density at radius 2 is 2.00 bits per heavy atom. The standard InChI is InChI=1S/C16H24ClNO2S/c1-4-11-18-15-14(9-10-16(15,2)3)21(19,20)13-8-6-5-7-12(13)17/h5-8,14-15,18H,4,9-11H2,1-3H3. The number of nitrogens with one attached hydrogen (secondary N) is 1. The van der Waals surface area contributed by atoms with E-state index in [4.69, 9.17) is 11.6 Å². The lowest BCUT2D eigenvalue weighted by Crippen LogP contribution is -2.47. The Balaban J connectivity index is 2.37. The monoisotopic (exact) mass is 329 g/mol. The zero-order chi connectivity index (χ0) is 15.7. The van der Waals surface area contributed by atoms with E-state index in [2.05, 4.69) is 26.1 Å². The van der Waals surface area contributed by atoms with Crippen LogP contribution in [0.3, 0.4) is 0 Å². The first kappa shape index (κ1) is 16.8. The van der Waals surface area contributed by atoms with Gasteiger partial charge in [-0.15, -0.1) is 0 Å². The molecule has 2 unspecified atom stereocenters. The first-order valence-corrected chi connectivity index (χ1v) is 9.45. The van der Waals surface area contributed by atoms with Crippen LogP contribution >= 0.6 is 11.6 Å². The van der Waals surface area contributed by atoms with Gasteiger partial charge in [0, 0.05) is 6.04 Å². The van der Waals surface area contributed by atoms with Crippen LogP contribution in [0.2, 0.25) is 5.02 Å². The Kier molecular flexibility index (Phi) is 5.01. The van der Waals surface area contributed by atoms with E-state index >= 15 is 0 Å². The van der Waals surface area contributed by atoms with Gasteiger partial charge in [-0.25, -0.2) is 8.42 Å². The molecule has 0 spiro atoms. The Labute approximate surface area is 133 Å². The molecule has 1 aromatic carbocycles. The highest BCUT2D eigenvalue weighted by atomic mass is 35.5. The second-order valence-electron chi connectivity index (χ2n) is 6.47. The minimum atomic E-state index is -3.41. The molecule has 2 rings (SSSR count). The van der Waals surface area contributed by atoms with Gasteiger partial charge < -0.3 is 5.32 Å². The SMILES string of the molecule is CCCNC1C(S(=O)(=O)c2ccccc2Cl)CCC1(C)C. The van der Waals surface area contributed by atoms with E-state index in [0.717, 1.165) is 19.4 Å². The molecule has 0 bridgehead atoms. The van der Waals surface area contributed by atoms with Crippen molar-refractivity contribution in [1.29, 1.82) is 0 Å². The number of hydrogen-bond donors (Lipinski definition) is 1. The summed E-state index contributed by atoms with van der Waals surface area (Å²) in [5, 5.41) is 3.36. The van der Waals surface area contributed by atoms with Gasteiger partial charge in [-0.2, -0.15) is 0 Å². The number of sulfone groups is 1. The highest BCUT2D eigenvalue weighted by molar-refractivity contribution is 7.92. The molecule has 1 aromatic rings. The van der Waals surface area contributed by atoms with Crippen LogP contribution in [0, 0.1) is 5.41 Å². The molecule has 1 aliphatic carbocycles. The topological polar surface area (TPSA) is 46.2 Å². The van der Waals surface area contributed by atoms with Gasteiger partial charge >= 0.3 is 0 Å². The number of halogens is 1. The molecule has 21 heavy (non-hydrogen) atoms. The van der Waals surface area contributed by atoms with Crippen LogP contribution in [0.25, 0.3) is 0 Å². The van der Waals surface area contributed by atoms with Gasteiger partial charge in [0.05, 0.1) is 15.2 Å². The highest BCUT2D eigenvalue weighted by Crippen LogP contribution is 2.43. The van der Waals surface area contributed by atoms with Crippen LogP contribution in [0.15, 0.2) is 29.2 Å². The van der Waals surface area contributed by atoms with Crippen molar-refractivity contribution in [1.82, 2.24) is 5.32 Å². The maximum absolute atomic E-state index is 13.0. The van der Waals surface area contributed by atoms with Crippen molar-refractivity contribution in [2.75, 3.05) is 6.54 Å². The lowest BCUT2D eigenvalue weighted by atomic mass is 9.87. The van der Waals surface area contributed by atoms with Crippen molar-refractivity contribution in [2.45, 2.75) is 56.2 Å². The predicted molar refractivity (Wildman–Crippen MR) is 87.5 cm³/mol. The zero-order valence-electron chi connectivity index (χ0n) is 12.9. The van der Waals surface area contributed by atoms with Crippen molar-refractivity contribution in [3.05, 3.63) is 29.3 Å². The smallest absolute Gasteiger partial charge is 0.184 e. The molecule has 0 heterocycles. The lowest BCUT2D eigenvalue weighted by molar-refractivity contribution is 0.285. The molecular weight excluding hydrogens is 306 g/mol. The first-order chi connectivity index (χ1) is 9.80. The third kappa shape index (κ3) is 3.27. The van der Waals surface area contributed by atoms with Gasteiger partial charge in [0.15, 0.2) is 9.84 Å². The minimum Gasteiger partial charge on any atom is -0.312 e. The summed E-state index contributed by atoms with van der Waals surface area (Å²) in [7, 11) is -3.41. The van der Waals surface area contributed by atoms with Crippen molar-refractivity contribution in [3.63, 3.8) is 0 Å². The fraction of sp³-hybridized carbons (Fsp3) is 0.625. The Morgan fingerprint density at radius 1 is 1.33 bits per heavy atom. The summed E-state index contributed by atoms with van der Waals surface area (Å²) < 4.78 is 26.0. The van der Waals surface area contributed by atoms with E-state index in [1.165, 1.54) is 0 Å². The Bertz CT molecular complexity index is 598. The molecule has 3 nitrogen and oxygen atoms in total. The van der Waals surface area contributed by atoms with Crippen LogP contribution in [-0.2, 0) is 9.84 Å². The van der Waals surface area contributed by atoms with Gasteiger partial charge in [0.25, 0.3) is 0 Å². The molecule has 118 valence electrons. The maximum Gasteiger partial charge on any atom is 0.184 e. The van der Waals surface area contributed by atoms with Gasteiger partial charge in [-0.3, -0.25) is 0 Å². The summed E-state index contributed by atoms with van der Waals surface area (Å²) in [6.07, 6.45) is 2.58. The zero-order valence-corrected chi connectivity index (χ0v) is 14.5. The largest absolute Gasteiger partial charge is 0.312 e. The average molecular weight is 330 g/mol. The molecular formula is C16H24ClNO2S. The molecule has 1 saturated carbocycles. The van der Waals surface area contributed by atoms with Crippen LogP contribution in [0.1, 0.15) is 40.0 Å². The van der Waals surface area contributed by atoms with Crippen LogP contribution in [0.4, 0.5) is 0 Å². The van der Waals surface area contributed by atoms with E-state index in [9.17, 15) is 8.42 Å². The normalized spacial score (nSPS) is 25.1. The van der Waals surface area contributed by atoms with Crippen molar-refractivity contribution < 1.29 is 8.42 Å². The summed E-state index contributed by atoms with van der Waals surface area (Å²) in [6.45, 7) is 7.21. The van der Waals surface area contributed by atoms with Gasteiger partial charge in [-0.05, 0) is 43.4 Å². The molecule has 1 N–H and O–H groups in total. The molecule has 0 aromatic heterocycles.